The summed E-state index contributed by atoms with van der Waals surface area (Å²) in [5, 5.41) is 26.8. The van der Waals surface area contributed by atoms with Crippen molar-refractivity contribution >= 4 is 27.2 Å². The van der Waals surface area contributed by atoms with Crippen LogP contribution in [0.4, 0.5) is 0 Å². The molecular formula is C7H7AsO4. The summed E-state index contributed by atoms with van der Waals surface area (Å²) in [7, 11) is 0. The van der Waals surface area contributed by atoms with Gasteiger partial charge < -0.3 is 0 Å². The van der Waals surface area contributed by atoms with Crippen LogP contribution < -0.4 is 4.35 Å². The van der Waals surface area contributed by atoms with Crippen molar-refractivity contribution in [3.05, 3.63) is 17.7 Å². The first-order valence-electron chi connectivity index (χ1n) is 3.07. The van der Waals surface area contributed by atoms with Gasteiger partial charge in [-0.15, -0.1) is 0 Å². The molecule has 1 rings (SSSR count). The Morgan fingerprint density at radius 1 is 1.25 bits per heavy atom. The molecule has 0 aliphatic rings. The summed E-state index contributed by atoms with van der Waals surface area (Å²) in [6.07, 6.45) is 0. The number of carbonyl (C=O) groups is 1. The SMILES string of the molecule is O=C(O)c1cc(O)c([AsH2])c(O)c1. The summed E-state index contributed by atoms with van der Waals surface area (Å²) >= 11 is 1.04. The number of hydrogen-bond acceptors (Lipinski definition) is 3. The van der Waals surface area contributed by atoms with Gasteiger partial charge in [-0.2, -0.15) is 0 Å². The van der Waals surface area contributed by atoms with Gasteiger partial charge in [0.05, 0.1) is 0 Å². The van der Waals surface area contributed by atoms with E-state index < -0.39 is 5.97 Å². The van der Waals surface area contributed by atoms with Crippen molar-refractivity contribution in [2.75, 3.05) is 0 Å². The molecule has 1 aromatic rings. The molecule has 0 radical (unpaired) electrons. The fraction of sp³-hybridized carbons (Fsp3) is 0. The van der Waals surface area contributed by atoms with E-state index in [-0.39, 0.29) is 17.1 Å². The van der Waals surface area contributed by atoms with Crippen LogP contribution in [0.2, 0.25) is 0 Å². The van der Waals surface area contributed by atoms with E-state index >= 15 is 0 Å². The van der Waals surface area contributed by atoms with Gasteiger partial charge in [0.1, 0.15) is 0 Å². The summed E-state index contributed by atoms with van der Waals surface area (Å²) in [6, 6.07) is 2.22. The van der Waals surface area contributed by atoms with Crippen LogP contribution in [0.1, 0.15) is 10.4 Å². The molecule has 64 valence electrons. The Morgan fingerprint density at radius 2 is 1.67 bits per heavy atom. The van der Waals surface area contributed by atoms with Gasteiger partial charge in [-0.25, -0.2) is 0 Å². The number of phenolic OH excluding ortho intramolecular Hbond substituents is 2. The Hall–Kier alpha value is -1.15. The van der Waals surface area contributed by atoms with Crippen LogP contribution in [0, 0.1) is 0 Å². The zero-order chi connectivity index (χ0) is 9.30. The zero-order valence-corrected chi connectivity index (χ0v) is 8.40. The molecule has 4 nitrogen and oxygen atoms in total. The number of rotatable bonds is 1. The number of hydrogen-bond donors (Lipinski definition) is 3. The van der Waals surface area contributed by atoms with Gasteiger partial charge in [0, 0.05) is 0 Å². The van der Waals surface area contributed by atoms with E-state index in [1.807, 2.05) is 0 Å². The predicted molar refractivity (Wildman–Crippen MR) is 44.9 cm³/mol. The number of aromatic hydroxyl groups is 2. The van der Waals surface area contributed by atoms with Gasteiger partial charge in [0.2, 0.25) is 0 Å². The average molecular weight is 230 g/mol. The minimum atomic E-state index is -1.17. The molecule has 0 aromatic heterocycles. The second kappa shape index (κ2) is 3.07. The summed E-state index contributed by atoms with van der Waals surface area (Å²) < 4.78 is 0.340. The van der Waals surface area contributed by atoms with Gasteiger partial charge in [-0.3, -0.25) is 0 Å². The van der Waals surface area contributed by atoms with Gasteiger partial charge in [0.25, 0.3) is 0 Å². The molecule has 0 spiro atoms. The second-order valence-corrected chi connectivity index (χ2v) is 3.44. The molecule has 1 atom stereocenters. The van der Waals surface area contributed by atoms with Crippen LogP contribution in [-0.4, -0.2) is 38.1 Å². The Kier molecular flexibility index (Phi) is 2.29. The Bertz CT molecular complexity index is 311. The summed E-state index contributed by atoms with van der Waals surface area (Å²) in [6.45, 7) is 0. The summed E-state index contributed by atoms with van der Waals surface area (Å²) in [4.78, 5) is 10.4. The molecule has 0 aliphatic heterocycles. The standard InChI is InChI=1S/C7H7AsO4/c8-6-4(9)1-3(7(11)12)2-5(6)10/h1-2,9-10H,8H2,(H,11,12). The molecule has 0 saturated carbocycles. The van der Waals surface area contributed by atoms with Crippen LogP contribution >= 0.6 is 0 Å². The molecule has 0 amide bonds. The quantitative estimate of drug-likeness (QED) is 0.544. The Morgan fingerprint density at radius 3 is 2.00 bits per heavy atom. The normalized spacial score (nSPS) is 9.75. The molecule has 0 saturated heterocycles. The van der Waals surface area contributed by atoms with Crippen LogP contribution in [0.3, 0.4) is 0 Å². The molecule has 0 fully saturated rings. The van der Waals surface area contributed by atoms with E-state index in [1.54, 1.807) is 0 Å². The van der Waals surface area contributed by atoms with E-state index in [4.69, 9.17) is 15.3 Å². The summed E-state index contributed by atoms with van der Waals surface area (Å²) in [5.41, 5.74) is -0.119. The van der Waals surface area contributed by atoms with Crippen molar-refractivity contribution in [3.63, 3.8) is 0 Å². The molecule has 0 heterocycles. The number of aromatic carboxylic acids is 1. The molecule has 0 bridgehead atoms. The van der Waals surface area contributed by atoms with Gasteiger partial charge >= 0.3 is 76.5 Å². The van der Waals surface area contributed by atoms with Gasteiger partial charge in [-0.1, -0.05) is 0 Å². The summed E-state index contributed by atoms with van der Waals surface area (Å²) in [5.74, 6) is -1.55. The van der Waals surface area contributed by atoms with Crippen LogP contribution in [0.15, 0.2) is 12.1 Å². The van der Waals surface area contributed by atoms with E-state index in [0.717, 1.165) is 29.0 Å². The van der Waals surface area contributed by atoms with Crippen molar-refractivity contribution in [2.45, 2.75) is 0 Å². The third-order valence-corrected chi connectivity index (χ3v) is 2.62. The minimum absolute atomic E-state index is 0.119. The van der Waals surface area contributed by atoms with Crippen molar-refractivity contribution in [1.29, 1.82) is 0 Å². The van der Waals surface area contributed by atoms with Crippen molar-refractivity contribution in [3.8, 4) is 11.5 Å². The van der Waals surface area contributed by atoms with Gasteiger partial charge in [0.15, 0.2) is 0 Å². The number of carboxylic acid groups (broad SMARTS) is 1. The van der Waals surface area contributed by atoms with Crippen LogP contribution in [0.5, 0.6) is 11.5 Å². The number of phenols is 2. The Balaban J connectivity index is 3.31. The number of carboxylic acids is 1. The van der Waals surface area contributed by atoms with E-state index in [9.17, 15) is 4.79 Å². The number of benzene rings is 1. The monoisotopic (exact) mass is 230 g/mol. The van der Waals surface area contributed by atoms with Crippen molar-refractivity contribution < 1.29 is 20.1 Å². The maximum absolute atomic E-state index is 10.4. The van der Waals surface area contributed by atoms with Gasteiger partial charge in [-0.05, 0) is 0 Å². The van der Waals surface area contributed by atoms with E-state index in [2.05, 4.69) is 0 Å². The molecule has 1 aromatic carbocycles. The predicted octanol–water partition coefficient (Wildman–Crippen LogP) is -0.946. The van der Waals surface area contributed by atoms with Crippen LogP contribution in [-0.2, 0) is 0 Å². The van der Waals surface area contributed by atoms with E-state index in [1.165, 1.54) is 0 Å². The van der Waals surface area contributed by atoms with Crippen molar-refractivity contribution in [1.82, 2.24) is 0 Å². The maximum atomic E-state index is 10.4. The molecular weight excluding hydrogens is 223 g/mol. The fourth-order valence-electron chi connectivity index (χ4n) is 0.746. The first kappa shape index (κ1) is 8.94. The third kappa shape index (κ3) is 1.53. The molecule has 12 heavy (non-hydrogen) atoms. The topological polar surface area (TPSA) is 77.8 Å². The fourth-order valence-corrected chi connectivity index (χ4v) is 1.10. The van der Waals surface area contributed by atoms with E-state index in [0.29, 0.717) is 4.35 Å². The second-order valence-electron chi connectivity index (χ2n) is 2.23. The Labute approximate surface area is 77.0 Å². The zero-order valence-electron chi connectivity index (χ0n) is 5.98. The van der Waals surface area contributed by atoms with Crippen molar-refractivity contribution in [2.24, 2.45) is 0 Å². The average Bonchev–Trinajstić information content (AvgIpc) is 1.99. The molecule has 3 N–H and O–H groups in total. The molecule has 0 aliphatic carbocycles. The third-order valence-electron chi connectivity index (χ3n) is 1.38. The first-order chi connectivity index (χ1) is 5.52. The molecule has 5 heteroatoms. The molecule has 1 unspecified atom stereocenters. The van der Waals surface area contributed by atoms with Crippen LogP contribution in [0.25, 0.3) is 0 Å². The first-order valence-corrected chi connectivity index (χ1v) is 4.28.